The summed E-state index contributed by atoms with van der Waals surface area (Å²) in [5.74, 6) is 0.886. The summed E-state index contributed by atoms with van der Waals surface area (Å²) in [6.45, 7) is 7.63. The van der Waals surface area contributed by atoms with Crippen LogP contribution in [-0.2, 0) is 6.54 Å². The van der Waals surface area contributed by atoms with E-state index < -0.39 is 0 Å². The van der Waals surface area contributed by atoms with Gasteiger partial charge in [-0.3, -0.25) is 9.69 Å². The van der Waals surface area contributed by atoms with E-state index in [-0.39, 0.29) is 12.0 Å². The maximum Gasteiger partial charge on any atom is 0.254 e. The number of methoxy groups -OCH3 is 1. The molecular formula is C22H26Cl2N2O3. The van der Waals surface area contributed by atoms with E-state index in [0.717, 1.165) is 24.7 Å². The Hall–Kier alpha value is -1.95. The van der Waals surface area contributed by atoms with Gasteiger partial charge >= 0.3 is 0 Å². The van der Waals surface area contributed by atoms with Crippen LogP contribution in [0.25, 0.3) is 0 Å². The van der Waals surface area contributed by atoms with Gasteiger partial charge in [-0.05, 0) is 43.7 Å². The lowest BCUT2D eigenvalue weighted by Crippen LogP contribution is -2.48. The Labute approximate surface area is 182 Å². The number of amides is 1. The van der Waals surface area contributed by atoms with Crippen molar-refractivity contribution in [3.8, 4) is 11.5 Å². The summed E-state index contributed by atoms with van der Waals surface area (Å²) in [4.78, 5) is 17.2. The van der Waals surface area contributed by atoms with Gasteiger partial charge < -0.3 is 14.4 Å². The van der Waals surface area contributed by atoms with Crippen LogP contribution in [0, 0.1) is 0 Å². The molecule has 1 aliphatic rings. The van der Waals surface area contributed by atoms with Crippen molar-refractivity contribution in [1.82, 2.24) is 9.80 Å². The van der Waals surface area contributed by atoms with Crippen molar-refractivity contribution in [3.63, 3.8) is 0 Å². The fourth-order valence-corrected chi connectivity index (χ4v) is 3.71. The Morgan fingerprint density at radius 2 is 1.72 bits per heavy atom. The van der Waals surface area contributed by atoms with Crippen LogP contribution in [0.4, 0.5) is 0 Å². The molecule has 1 heterocycles. The highest BCUT2D eigenvalue weighted by Crippen LogP contribution is 2.37. The first kappa shape index (κ1) is 21.8. The van der Waals surface area contributed by atoms with E-state index >= 15 is 0 Å². The number of rotatable bonds is 6. The Morgan fingerprint density at radius 3 is 2.31 bits per heavy atom. The molecule has 1 fully saturated rings. The predicted molar refractivity (Wildman–Crippen MR) is 116 cm³/mol. The highest BCUT2D eigenvalue weighted by molar-refractivity contribution is 6.32. The Bertz CT molecular complexity index is 848. The van der Waals surface area contributed by atoms with E-state index in [1.54, 1.807) is 19.2 Å². The molecule has 0 unspecified atom stereocenters. The predicted octanol–water partition coefficient (Wildman–Crippen LogP) is 4.75. The zero-order valence-corrected chi connectivity index (χ0v) is 18.5. The number of hydrogen-bond acceptors (Lipinski definition) is 4. The van der Waals surface area contributed by atoms with E-state index in [4.69, 9.17) is 32.7 Å². The molecule has 0 spiro atoms. The van der Waals surface area contributed by atoms with E-state index in [1.807, 2.05) is 43.0 Å². The van der Waals surface area contributed by atoms with Crippen LogP contribution >= 0.6 is 23.2 Å². The number of nitrogens with zero attached hydrogens (tertiary/aromatic N) is 2. The van der Waals surface area contributed by atoms with E-state index in [2.05, 4.69) is 4.90 Å². The largest absolute Gasteiger partial charge is 0.493 e. The SMILES string of the molecule is COc1cc(C(=O)N2CCN(Cc3ccc(Cl)cc3)CC2)cc(Cl)c1OC(C)C. The van der Waals surface area contributed by atoms with Crippen LogP contribution in [0.3, 0.4) is 0 Å². The van der Waals surface area contributed by atoms with Gasteiger partial charge in [-0.1, -0.05) is 35.3 Å². The van der Waals surface area contributed by atoms with Crippen LogP contribution < -0.4 is 9.47 Å². The van der Waals surface area contributed by atoms with Gasteiger partial charge in [0.05, 0.1) is 18.2 Å². The van der Waals surface area contributed by atoms with Gasteiger partial charge in [0, 0.05) is 43.3 Å². The smallest absolute Gasteiger partial charge is 0.254 e. The topological polar surface area (TPSA) is 42.0 Å². The normalized spacial score (nSPS) is 14.9. The third-order valence-electron chi connectivity index (χ3n) is 4.81. The standard InChI is InChI=1S/C22H26Cl2N2O3/c1-15(2)29-21-19(24)12-17(13-20(21)28-3)22(27)26-10-8-25(9-11-26)14-16-4-6-18(23)7-5-16/h4-7,12-13,15H,8-11,14H2,1-3H3. The van der Waals surface area contributed by atoms with Crippen LogP contribution in [-0.4, -0.2) is 55.1 Å². The average Bonchev–Trinajstić information content (AvgIpc) is 2.71. The first-order valence-electron chi connectivity index (χ1n) is 9.67. The minimum atomic E-state index is -0.0487. The second-order valence-electron chi connectivity index (χ2n) is 7.35. The molecule has 1 saturated heterocycles. The first-order valence-corrected chi connectivity index (χ1v) is 10.4. The second kappa shape index (κ2) is 9.70. The van der Waals surface area contributed by atoms with E-state index in [0.29, 0.717) is 35.2 Å². The van der Waals surface area contributed by atoms with Crippen molar-refractivity contribution in [2.45, 2.75) is 26.5 Å². The molecule has 1 aliphatic heterocycles. The summed E-state index contributed by atoms with van der Waals surface area (Å²) in [5.41, 5.74) is 1.72. The summed E-state index contributed by atoms with van der Waals surface area (Å²) < 4.78 is 11.1. The van der Waals surface area contributed by atoms with Gasteiger partial charge in [-0.25, -0.2) is 0 Å². The van der Waals surface area contributed by atoms with E-state index in [1.165, 1.54) is 5.56 Å². The molecule has 0 N–H and O–H groups in total. The molecule has 3 rings (SSSR count). The molecule has 0 atom stereocenters. The summed E-state index contributed by atoms with van der Waals surface area (Å²) in [5, 5.41) is 1.12. The molecular weight excluding hydrogens is 411 g/mol. The number of carbonyl (C=O) groups is 1. The lowest BCUT2D eigenvalue weighted by molar-refractivity contribution is 0.0628. The number of hydrogen-bond donors (Lipinski definition) is 0. The number of benzene rings is 2. The third-order valence-corrected chi connectivity index (χ3v) is 5.34. The van der Waals surface area contributed by atoms with Crippen molar-refractivity contribution in [1.29, 1.82) is 0 Å². The molecule has 29 heavy (non-hydrogen) atoms. The highest BCUT2D eigenvalue weighted by Gasteiger charge is 2.24. The molecule has 0 aliphatic carbocycles. The molecule has 0 saturated carbocycles. The van der Waals surface area contributed by atoms with Crippen molar-refractivity contribution >= 4 is 29.1 Å². The molecule has 156 valence electrons. The summed E-state index contributed by atoms with van der Waals surface area (Å²) in [7, 11) is 1.54. The van der Waals surface area contributed by atoms with Gasteiger partial charge in [0.25, 0.3) is 5.91 Å². The molecule has 7 heteroatoms. The van der Waals surface area contributed by atoms with Crippen LogP contribution in [0.1, 0.15) is 29.8 Å². The third kappa shape index (κ3) is 5.56. The van der Waals surface area contributed by atoms with Crippen LogP contribution in [0.2, 0.25) is 10.0 Å². The summed E-state index contributed by atoms with van der Waals surface area (Å²) >= 11 is 12.3. The zero-order valence-electron chi connectivity index (χ0n) is 17.0. The van der Waals surface area contributed by atoms with E-state index in [9.17, 15) is 4.79 Å². The lowest BCUT2D eigenvalue weighted by atomic mass is 10.1. The Balaban J connectivity index is 1.64. The summed E-state index contributed by atoms with van der Waals surface area (Å²) in [6.07, 6.45) is -0.0448. The number of piperazine rings is 1. The number of halogens is 2. The van der Waals surface area contributed by atoms with Crippen LogP contribution in [0.15, 0.2) is 36.4 Å². The van der Waals surface area contributed by atoms with Gasteiger partial charge in [-0.2, -0.15) is 0 Å². The quantitative estimate of drug-likeness (QED) is 0.655. The summed E-state index contributed by atoms with van der Waals surface area (Å²) in [6, 6.07) is 11.2. The van der Waals surface area contributed by atoms with Gasteiger partial charge in [0.15, 0.2) is 11.5 Å². The Kier molecular flexibility index (Phi) is 7.28. The number of ether oxygens (including phenoxy) is 2. The molecule has 0 radical (unpaired) electrons. The second-order valence-corrected chi connectivity index (χ2v) is 8.19. The molecule has 2 aromatic rings. The average molecular weight is 437 g/mol. The van der Waals surface area contributed by atoms with Crippen molar-refractivity contribution in [2.75, 3.05) is 33.3 Å². The van der Waals surface area contributed by atoms with Gasteiger partial charge in [0.2, 0.25) is 0 Å². The maximum absolute atomic E-state index is 13.0. The Morgan fingerprint density at radius 1 is 1.07 bits per heavy atom. The minimum Gasteiger partial charge on any atom is -0.493 e. The van der Waals surface area contributed by atoms with Gasteiger partial charge in [0.1, 0.15) is 0 Å². The minimum absolute atomic E-state index is 0.0448. The first-order chi connectivity index (χ1) is 13.9. The zero-order chi connectivity index (χ0) is 21.0. The molecule has 2 aromatic carbocycles. The molecule has 5 nitrogen and oxygen atoms in total. The molecule has 1 amide bonds. The lowest BCUT2D eigenvalue weighted by Gasteiger charge is -2.35. The molecule has 0 bridgehead atoms. The maximum atomic E-state index is 13.0. The molecule has 0 aromatic heterocycles. The monoisotopic (exact) mass is 436 g/mol. The fraction of sp³-hybridized carbons (Fsp3) is 0.409. The van der Waals surface area contributed by atoms with Crippen molar-refractivity contribution in [3.05, 3.63) is 57.6 Å². The number of carbonyl (C=O) groups excluding carboxylic acids is 1. The van der Waals surface area contributed by atoms with Crippen LogP contribution in [0.5, 0.6) is 11.5 Å². The van der Waals surface area contributed by atoms with Crippen molar-refractivity contribution < 1.29 is 14.3 Å². The fourth-order valence-electron chi connectivity index (χ4n) is 3.33. The highest BCUT2D eigenvalue weighted by atomic mass is 35.5. The van der Waals surface area contributed by atoms with Gasteiger partial charge in [-0.15, -0.1) is 0 Å². The van der Waals surface area contributed by atoms with Crippen molar-refractivity contribution in [2.24, 2.45) is 0 Å².